The van der Waals surface area contributed by atoms with Crippen molar-refractivity contribution in [3.05, 3.63) is 64.8 Å². The first kappa shape index (κ1) is 15.3. The zero-order valence-corrected chi connectivity index (χ0v) is 13.4. The van der Waals surface area contributed by atoms with Crippen molar-refractivity contribution in [3.63, 3.8) is 0 Å². The molecule has 0 aliphatic heterocycles. The van der Waals surface area contributed by atoms with Crippen molar-refractivity contribution in [1.29, 1.82) is 0 Å². The molecule has 1 aromatic heterocycles. The molecule has 3 aromatic rings. The smallest absolute Gasteiger partial charge is 0.335 e. The van der Waals surface area contributed by atoms with Gasteiger partial charge in [-0.15, -0.1) is 0 Å². The van der Waals surface area contributed by atoms with E-state index in [1.807, 2.05) is 22.9 Å². The second-order valence-electron chi connectivity index (χ2n) is 5.78. The van der Waals surface area contributed by atoms with Crippen LogP contribution in [0.2, 0.25) is 0 Å². The Labute approximate surface area is 135 Å². The minimum atomic E-state index is -0.894. The topological polar surface area (TPSA) is 55.1 Å². The number of aromatic nitrogens is 2. The van der Waals surface area contributed by atoms with Gasteiger partial charge < -0.3 is 5.11 Å². The molecule has 2 aromatic carbocycles. The number of fused-ring (bicyclic) bond motifs is 1. The molecule has 4 heteroatoms. The summed E-state index contributed by atoms with van der Waals surface area (Å²) in [5, 5.41) is 15.2. The second kappa shape index (κ2) is 6.24. The van der Waals surface area contributed by atoms with E-state index < -0.39 is 5.97 Å². The minimum Gasteiger partial charge on any atom is -0.478 e. The van der Waals surface area contributed by atoms with Gasteiger partial charge in [-0.2, -0.15) is 5.10 Å². The summed E-state index contributed by atoms with van der Waals surface area (Å²) >= 11 is 0. The van der Waals surface area contributed by atoms with Gasteiger partial charge >= 0.3 is 5.97 Å². The van der Waals surface area contributed by atoms with E-state index in [1.54, 1.807) is 12.1 Å². The molecule has 0 amide bonds. The third-order valence-electron chi connectivity index (χ3n) is 4.09. The third-order valence-corrected chi connectivity index (χ3v) is 4.09. The molecule has 0 atom stereocenters. The van der Waals surface area contributed by atoms with Crippen LogP contribution in [0, 0.1) is 6.92 Å². The number of para-hydroxylation sites is 1. The number of aromatic carboxylic acids is 1. The maximum atomic E-state index is 11.4. The lowest BCUT2D eigenvalue weighted by Gasteiger charge is -2.04. The summed E-state index contributed by atoms with van der Waals surface area (Å²) in [7, 11) is 0. The molecule has 0 aliphatic carbocycles. The Hall–Kier alpha value is -2.62. The van der Waals surface area contributed by atoms with Crippen LogP contribution in [0.5, 0.6) is 0 Å². The first-order chi connectivity index (χ1) is 11.1. The SMILES string of the molecule is CCCn1nc(Cc2ccccc2C(=O)O)c2cccc(C)c21. The molecule has 0 bridgehead atoms. The van der Waals surface area contributed by atoms with Crippen LogP contribution in [-0.4, -0.2) is 20.9 Å². The third kappa shape index (κ3) is 2.84. The van der Waals surface area contributed by atoms with Crippen molar-refractivity contribution in [2.45, 2.75) is 33.2 Å². The number of benzene rings is 2. The van der Waals surface area contributed by atoms with Crippen LogP contribution in [0.4, 0.5) is 0 Å². The molecule has 0 saturated heterocycles. The van der Waals surface area contributed by atoms with Crippen molar-refractivity contribution >= 4 is 16.9 Å². The van der Waals surface area contributed by atoms with Crippen LogP contribution >= 0.6 is 0 Å². The monoisotopic (exact) mass is 308 g/mol. The van der Waals surface area contributed by atoms with Gasteiger partial charge in [0, 0.05) is 18.4 Å². The Morgan fingerprint density at radius 1 is 1.17 bits per heavy atom. The first-order valence-electron chi connectivity index (χ1n) is 7.88. The molecule has 0 unspecified atom stereocenters. The summed E-state index contributed by atoms with van der Waals surface area (Å²) in [6.45, 7) is 5.08. The first-order valence-corrected chi connectivity index (χ1v) is 7.88. The predicted molar refractivity (Wildman–Crippen MR) is 91.0 cm³/mol. The highest BCUT2D eigenvalue weighted by atomic mass is 16.4. The molecule has 0 aliphatic rings. The quantitative estimate of drug-likeness (QED) is 0.774. The highest BCUT2D eigenvalue weighted by molar-refractivity contribution is 5.90. The van der Waals surface area contributed by atoms with E-state index >= 15 is 0 Å². The lowest BCUT2D eigenvalue weighted by molar-refractivity contribution is 0.0696. The zero-order chi connectivity index (χ0) is 16.4. The summed E-state index contributed by atoms with van der Waals surface area (Å²) in [5.41, 5.74) is 4.42. The van der Waals surface area contributed by atoms with Gasteiger partial charge in [0.05, 0.1) is 16.8 Å². The van der Waals surface area contributed by atoms with E-state index in [4.69, 9.17) is 5.10 Å². The van der Waals surface area contributed by atoms with Crippen LogP contribution < -0.4 is 0 Å². The number of carbonyl (C=O) groups is 1. The van der Waals surface area contributed by atoms with E-state index in [2.05, 4.69) is 26.0 Å². The van der Waals surface area contributed by atoms with Gasteiger partial charge in [0.25, 0.3) is 0 Å². The molecule has 0 fully saturated rings. The predicted octanol–water partition coefficient (Wildman–Crippen LogP) is 4.04. The second-order valence-corrected chi connectivity index (χ2v) is 5.78. The Kier molecular flexibility index (Phi) is 4.15. The van der Waals surface area contributed by atoms with Crippen LogP contribution in [0.3, 0.4) is 0 Å². The lowest BCUT2D eigenvalue weighted by atomic mass is 10.0. The van der Waals surface area contributed by atoms with Crippen LogP contribution in [0.25, 0.3) is 10.9 Å². The van der Waals surface area contributed by atoms with Crippen molar-refractivity contribution in [2.24, 2.45) is 0 Å². The highest BCUT2D eigenvalue weighted by Gasteiger charge is 2.15. The molecule has 0 spiro atoms. The molecule has 3 rings (SSSR count). The number of rotatable bonds is 5. The van der Waals surface area contributed by atoms with Gasteiger partial charge in [-0.25, -0.2) is 4.79 Å². The fourth-order valence-electron chi connectivity index (χ4n) is 3.05. The maximum Gasteiger partial charge on any atom is 0.335 e. The van der Waals surface area contributed by atoms with E-state index in [0.717, 1.165) is 35.1 Å². The molecule has 118 valence electrons. The molecule has 0 saturated carbocycles. The van der Waals surface area contributed by atoms with Gasteiger partial charge in [0.15, 0.2) is 0 Å². The Balaban J connectivity index is 2.11. The molecular formula is C19H20N2O2. The number of aryl methyl sites for hydroxylation is 2. The van der Waals surface area contributed by atoms with Gasteiger partial charge in [-0.3, -0.25) is 4.68 Å². The Morgan fingerprint density at radius 2 is 1.96 bits per heavy atom. The summed E-state index contributed by atoms with van der Waals surface area (Å²) in [4.78, 5) is 11.4. The molecule has 23 heavy (non-hydrogen) atoms. The van der Waals surface area contributed by atoms with Crippen molar-refractivity contribution in [1.82, 2.24) is 9.78 Å². The van der Waals surface area contributed by atoms with Gasteiger partial charge in [0.1, 0.15) is 0 Å². The van der Waals surface area contributed by atoms with Crippen molar-refractivity contribution < 1.29 is 9.90 Å². The maximum absolute atomic E-state index is 11.4. The van der Waals surface area contributed by atoms with Crippen LogP contribution in [0.15, 0.2) is 42.5 Å². The summed E-state index contributed by atoms with van der Waals surface area (Å²) in [6.07, 6.45) is 1.54. The largest absolute Gasteiger partial charge is 0.478 e. The number of carboxylic acid groups (broad SMARTS) is 1. The number of hydrogen-bond donors (Lipinski definition) is 1. The van der Waals surface area contributed by atoms with Gasteiger partial charge in [-0.1, -0.05) is 43.3 Å². The fraction of sp³-hybridized carbons (Fsp3) is 0.263. The average molecular weight is 308 g/mol. The number of hydrogen-bond acceptors (Lipinski definition) is 2. The van der Waals surface area contributed by atoms with Crippen LogP contribution in [0.1, 0.15) is 40.5 Å². The summed E-state index contributed by atoms with van der Waals surface area (Å²) in [5.74, 6) is -0.894. The number of nitrogens with zero attached hydrogens (tertiary/aromatic N) is 2. The molecular weight excluding hydrogens is 288 g/mol. The molecule has 1 heterocycles. The van der Waals surface area contributed by atoms with Gasteiger partial charge in [0.2, 0.25) is 0 Å². The van der Waals surface area contributed by atoms with E-state index in [9.17, 15) is 9.90 Å². The van der Waals surface area contributed by atoms with Gasteiger partial charge in [-0.05, 0) is 30.5 Å². The van der Waals surface area contributed by atoms with Crippen molar-refractivity contribution in [3.8, 4) is 0 Å². The number of carboxylic acids is 1. The Morgan fingerprint density at radius 3 is 2.70 bits per heavy atom. The minimum absolute atomic E-state index is 0.346. The molecule has 1 N–H and O–H groups in total. The summed E-state index contributed by atoms with van der Waals surface area (Å²) < 4.78 is 2.05. The van der Waals surface area contributed by atoms with Crippen molar-refractivity contribution in [2.75, 3.05) is 0 Å². The van der Waals surface area contributed by atoms with E-state index in [-0.39, 0.29) is 0 Å². The zero-order valence-electron chi connectivity index (χ0n) is 13.4. The fourth-order valence-corrected chi connectivity index (χ4v) is 3.05. The molecule has 0 radical (unpaired) electrons. The van der Waals surface area contributed by atoms with Crippen LogP contribution in [-0.2, 0) is 13.0 Å². The Bertz CT molecular complexity index is 865. The lowest BCUT2D eigenvalue weighted by Crippen LogP contribution is -2.04. The average Bonchev–Trinajstić information content (AvgIpc) is 2.87. The van der Waals surface area contributed by atoms with E-state index in [1.165, 1.54) is 5.56 Å². The normalized spacial score (nSPS) is 11.0. The summed E-state index contributed by atoms with van der Waals surface area (Å²) in [6, 6.07) is 13.3. The van der Waals surface area contributed by atoms with E-state index in [0.29, 0.717) is 12.0 Å². The standard InChI is InChI=1S/C19H20N2O2/c1-3-11-21-18-13(2)7-6-10-16(18)17(20-21)12-14-8-4-5-9-15(14)19(22)23/h4-10H,3,11-12H2,1-2H3,(H,22,23). The molecule has 4 nitrogen and oxygen atoms in total. The highest BCUT2D eigenvalue weighted by Crippen LogP contribution is 2.25.